The molecule has 0 atom stereocenters. The third kappa shape index (κ3) is 3.93. The highest BCUT2D eigenvalue weighted by Gasteiger charge is 2.26. The molecule has 0 aliphatic heterocycles. The zero-order chi connectivity index (χ0) is 19.1. The number of sulfonamides is 1. The van der Waals surface area contributed by atoms with Gasteiger partial charge in [0.2, 0.25) is 10.0 Å². The molecule has 0 saturated heterocycles. The fourth-order valence-electron chi connectivity index (χ4n) is 2.34. The summed E-state index contributed by atoms with van der Waals surface area (Å²) in [6, 6.07) is 6.69. The maximum atomic E-state index is 12.6. The molecule has 10 heteroatoms. The minimum absolute atomic E-state index is 0.00159. The van der Waals surface area contributed by atoms with Gasteiger partial charge < -0.3 is 5.32 Å². The Morgan fingerprint density at radius 2 is 1.88 bits per heavy atom. The Kier molecular flexibility index (Phi) is 4.87. The number of halogens is 2. The first kappa shape index (κ1) is 18.9. The molecule has 0 amide bonds. The van der Waals surface area contributed by atoms with Gasteiger partial charge in [-0.1, -0.05) is 23.2 Å². The van der Waals surface area contributed by atoms with Crippen LogP contribution in [-0.4, -0.2) is 28.6 Å². The van der Waals surface area contributed by atoms with Gasteiger partial charge in [-0.2, -0.15) is 9.61 Å². The predicted molar refractivity (Wildman–Crippen MR) is 103 cm³/mol. The van der Waals surface area contributed by atoms with Crippen molar-refractivity contribution in [1.29, 1.82) is 0 Å². The number of aromatic nitrogens is 3. The molecule has 2 N–H and O–H groups in total. The van der Waals surface area contributed by atoms with E-state index in [1.165, 1.54) is 16.9 Å². The largest absolute Gasteiger partial charge is 0.339 e. The fraction of sp³-hybridized carbons (Fsp3) is 0.250. The minimum Gasteiger partial charge on any atom is -0.339 e. The van der Waals surface area contributed by atoms with Gasteiger partial charge in [0, 0.05) is 16.8 Å². The Morgan fingerprint density at radius 3 is 2.54 bits per heavy atom. The fourth-order valence-corrected chi connectivity index (χ4v) is 4.28. The Labute approximate surface area is 161 Å². The van der Waals surface area contributed by atoms with Crippen LogP contribution in [0.5, 0.6) is 0 Å². The second-order valence-electron chi connectivity index (χ2n) is 6.68. The van der Waals surface area contributed by atoms with E-state index in [2.05, 4.69) is 20.1 Å². The first-order valence-electron chi connectivity index (χ1n) is 7.66. The average molecular weight is 414 g/mol. The summed E-state index contributed by atoms with van der Waals surface area (Å²) in [6.07, 6.45) is 2.77. The van der Waals surface area contributed by atoms with Gasteiger partial charge in [0.15, 0.2) is 5.65 Å². The molecule has 0 bridgehead atoms. The second kappa shape index (κ2) is 6.70. The first-order chi connectivity index (χ1) is 12.1. The number of rotatable bonds is 4. The maximum Gasteiger partial charge on any atom is 0.246 e. The zero-order valence-corrected chi connectivity index (χ0v) is 16.6. The Balaban J connectivity index is 2.04. The number of hydrogen-bond acceptors (Lipinski definition) is 5. The maximum absolute atomic E-state index is 12.6. The van der Waals surface area contributed by atoms with Crippen molar-refractivity contribution in [3.63, 3.8) is 0 Å². The number of benzene rings is 1. The number of anilines is 2. The molecule has 0 unspecified atom stereocenters. The highest BCUT2D eigenvalue weighted by atomic mass is 35.5. The number of hydrogen-bond donors (Lipinski definition) is 2. The van der Waals surface area contributed by atoms with E-state index in [-0.39, 0.29) is 10.5 Å². The number of nitrogens with one attached hydrogen (secondary N) is 2. The van der Waals surface area contributed by atoms with Crippen molar-refractivity contribution in [3.8, 4) is 0 Å². The molecule has 3 rings (SSSR count). The Hall–Kier alpha value is -1.87. The average Bonchev–Trinajstić information content (AvgIpc) is 2.93. The van der Waals surface area contributed by atoms with Gasteiger partial charge in [-0.25, -0.2) is 18.1 Å². The standard InChI is InChI=1S/C16H17Cl2N5O2S/c1-16(2,3)22-26(24,25)13-9-20-23-14(6-7-19-15(13)23)21-12-5-4-10(17)8-11(12)18/h4-9,21-22H,1-3H3. The molecule has 0 aliphatic carbocycles. The van der Waals surface area contributed by atoms with E-state index in [0.717, 1.165) is 0 Å². The van der Waals surface area contributed by atoms with Crippen molar-refractivity contribution in [2.24, 2.45) is 0 Å². The molecule has 0 fully saturated rings. The van der Waals surface area contributed by atoms with Gasteiger partial charge in [-0.15, -0.1) is 0 Å². The van der Waals surface area contributed by atoms with E-state index in [0.29, 0.717) is 21.6 Å². The topological polar surface area (TPSA) is 88.4 Å². The lowest BCUT2D eigenvalue weighted by atomic mass is 10.1. The van der Waals surface area contributed by atoms with Crippen molar-refractivity contribution < 1.29 is 8.42 Å². The van der Waals surface area contributed by atoms with Gasteiger partial charge >= 0.3 is 0 Å². The summed E-state index contributed by atoms with van der Waals surface area (Å²) in [5, 5.41) is 8.21. The van der Waals surface area contributed by atoms with E-state index >= 15 is 0 Å². The molecule has 3 aromatic rings. The van der Waals surface area contributed by atoms with E-state index in [1.54, 1.807) is 45.0 Å². The van der Waals surface area contributed by atoms with Crippen LogP contribution in [0.1, 0.15) is 20.8 Å². The number of fused-ring (bicyclic) bond motifs is 1. The van der Waals surface area contributed by atoms with Crippen LogP contribution in [-0.2, 0) is 10.0 Å². The molecule has 2 aromatic heterocycles. The van der Waals surface area contributed by atoms with Gasteiger partial charge in [-0.05, 0) is 45.0 Å². The minimum atomic E-state index is -3.77. The van der Waals surface area contributed by atoms with Crippen LogP contribution in [0.15, 0.2) is 41.6 Å². The van der Waals surface area contributed by atoms with E-state index in [9.17, 15) is 8.42 Å². The molecule has 0 radical (unpaired) electrons. The van der Waals surface area contributed by atoms with Gasteiger partial charge in [0.1, 0.15) is 10.7 Å². The molecule has 7 nitrogen and oxygen atoms in total. The van der Waals surface area contributed by atoms with Crippen molar-refractivity contribution in [2.75, 3.05) is 5.32 Å². The highest BCUT2D eigenvalue weighted by molar-refractivity contribution is 7.89. The Bertz CT molecular complexity index is 1070. The third-order valence-corrected chi connectivity index (χ3v) is 5.59. The molecular weight excluding hydrogens is 397 g/mol. The summed E-state index contributed by atoms with van der Waals surface area (Å²) in [5.41, 5.74) is 0.188. The quantitative estimate of drug-likeness (QED) is 0.677. The lowest BCUT2D eigenvalue weighted by molar-refractivity contribution is 0.492. The normalized spacial score (nSPS) is 12.5. The molecule has 0 spiro atoms. The third-order valence-electron chi connectivity index (χ3n) is 3.29. The molecule has 2 heterocycles. The van der Waals surface area contributed by atoms with E-state index in [1.807, 2.05) is 0 Å². The van der Waals surface area contributed by atoms with Crippen molar-refractivity contribution in [1.82, 2.24) is 19.3 Å². The Morgan fingerprint density at radius 1 is 1.15 bits per heavy atom. The summed E-state index contributed by atoms with van der Waals surface area (Å²) in [5.74, 6) is 0.511. The van der Waals surface area contributed by atoms with Crippen molar-refractivity contribution in [2.45, 2.75) is 31.2 Å². The van der Waals surface area contributed by atoms with E-state index in [4.69, 9.17) is 23.2 Å². The first-order valence-corrected chi connectivity index (χ1v) is 9.89. The number of nitrogens with zero attached hydrogens (tertiary/aromatic N) is 3. The SMILES string of the molecule is CC(C)(C)NS(=O)(=O)c1cnn2c(Nc3ccc(Cl)cc3Cl)ccnc12. The van der Waals surface area contributed by atoms with Crippen LogP contribution in [0.2, 0.25) is 10.0 Å². The van der Waals surface area contributed by atoms with Crippen molar-refractivity contribution >= 4 is 50.4 Å². The van der Waals surface area contributed by atoms with Crippen LogP contribution in [0.4, 0.5) is 11.5 Å². The molecule has 0 saturated carbocycles. The zero-order valence-electron chi connectivity index (χ0n) is 14.3. The highest BCUT2D eigenvalue weighted by Crippen LogP contribution is 2.29. The van der Waals surface area contributed by atoms with E-state index < -0.39 is 15.6 Å². The van der Waals surface area contributed by atoms with Gasteiger partial charge in [-0.3, -0.25) is 0 Å². The molecule has 26 heavy (non-hydrogen) atoms. The van der Waals surface area contributed by atoms with Gasteiger partial charge in [0.05, 0.1) is 16.9 Å². The predicted octanol–water partition coefficient (Wildman–Crippen LogP) is 3.86. The smallest absolute Gasteiger partial charge is 0.246 e. The van der Waals surface area contributed by atoms with Crippen molar-refractivity contribution in [3.05, 3.63) is 46.7 Å². The summed E-state index contributed by atoms with van der Waals surface area (Å²) in [4.78, 5) is 4.16. The molecular formula is C16H17Cl2N5O2S. The summed E-state index contributed by atoms with van der Waals surface area (Å²) < 4.78 is 29.2. The molecule has 1 aromatic carbocycles. The van der Waals surface area contributed by atoms with Crippen LogP contribution >= 0.6 is 23.2 Å². The van der Waals surface area contributed by atoms with Gasteiger partial charge in [0.25, 0.3) is 0 Å². The van der Waals surface area contributed by atoms with Crippen LogP contribution in [0.3, 0.4) is 0 Å². The monoisotopic (exact) mass is 413 g/mol. The summed E-state index contributed by atoms with van der Waals surface area (Å²) in [6.45, 7) is 5.29. The van der Waals surface area contributed by atoms with Crippen LogP contribution < -0.4 is 10.0 Å². The lowest BCUT2D eigenvalue weighted by Crippen LogP contribution is -2.40. The summed E-state index contributed by atoms with van der Waals surface area (Å²) >= 11 is 12.1. The second-order valence-corrected chi connectivity index (χ2v) is 9.17. The lowest BCUT2D eigenvalue weighted by Gasteiger charge is -2.19. The molecule has 138 valence electrons. The summed E-state index contributed by atoms with van der Waals surface area (Å²) in [7, 11) is -3.77. The van der Waals surface area contributed by atoms with Crippen LogP contribution in [0.25, 0.3) is 5.65 Å². The molecule has 0 aliphatic rings. The van der Waals surface area contributed by atoms with Crippen LogP contribution in [0, 0.1) is 0 Å².